The summed E-state index contributed by atoms with van der Waals surface area (Å²) in [7, 11) is -3.73. The topological polar surface area (TPSA) is 86.8 Å². The molecule has 0 aliphatic rings. The molecule has 33 heavy (non-hydrogen) atoms. The first-order valence-corrected chi connectivity index (χ1v) is 13.7. The van der Waals surface area contributed by atoms with Gasteiger partial charge in [0.15, 0.2) is 0 Å². The minimum absolute atomic E-state index is 0.0813. The van der Waals surface area contributed by atoms with Crippen LogP contribution in [0.5, 0.6) is 0 Å². The molecule has 0 fully saturated rings. The number of halogens is 1. The highest BCUT2D eigenvalue weighted by molar-refractivity contribution is 14.1. The predicted octanol–water partition coefficient (Wildman–Crippen LogP) is 3.70. The van der Waals surface area contributed by atoms with Crippen LogP contribution >= 0.6 is 22.6 Å². The highest BCUT2D eigenvalue weighted by Crippen LogP contribution is 2.21. The fraction of sp³-hybridized carbons (Fsp3) is 0.417. The number of carbonyl (C=O) groups is 2. The number of nitrogens with one attached hydrogen (secondary N) is 1. The van der Waals surface area contributed by atoms with Gasteiger partial charge in [-0.1, -0.05) is 36.8 Å². The summed E-state index contributed by atoms with van der Waals surface area (Å²) in [4.78, 5) is 27.9. The maximum atomic E-state index is 13.5. The molecule has 0 aliphatic carbocycles. The van der Waals surface area contributed by atoms with Crippen LogP contribution in [0.25, 0.3) is 0 Å². The molecule has 1 atom stereocenters. The lowest BCUT2D eigenvalue weighted by Gasteiger charge is -2.33. The van der Waals surface area contributed by atoms with Gasteiger partial charge >= 0.3 is 0 Å². The molecule has 0 saturated carbocycles. The standard InChI is InChI=1S/C24H32IN3O4S/c1-6-22(24(30)26-17(2)3)27(15-19-9-7-18(4)8-10-19)23(29)16-28(33(5,31)32)21-13-11-20(25)12-14-21/h7-14,17,22H,6,15-16H2,1-5H3,(H,26,30)/t22-/m1/s1. The summed E-state index contributed by atoms with van der Waals surface area (Å²) < 4.78 is 27.2. The molecule has 0 bridgehead atoms. The van der Waals surface area contributed by atoms with Gasteiger partial charge in [-0.3, -0.25) is 13.9 Å². The van der Waals surface area contributed by atoms with Crippen molar-refractivity contribution in [2.24, 2.45) is 0 Å². The zero-order valence-corrected chi connectivity index (χ0v) is 22.7. The van der Waals surface area contributed by atoms with Crippen molar-refractivity contribution in [2.45, 2.75) is 52.7 Å². The van der Waals surface area contributed by atoms with E-state index < -0.39 is 28.5 Å². The molecule has 0 unspecified atom stereocenters. The number of nitrogens with zero attached hydrogens (tertiary/aromatic N) is 2. The Morgan fingerprint density at radius 1 is 1.03 bits per heavy atom. The molecule has 180 valence electrons. The van der Waals surface area contributed by atoms with Crippen molar-refractivity contribution in [1.29, 1.82) is 0 Å². The van der Waals surface area contributed by atoms with Crippen LogP contribution in [0.15, 0.2) is 48.5 Å². The average molecular weight is 586 g/mol. The van der Waals surface area contributed by atoms with E-state index in [-0.39, 0.29) is 18.5 Å². The van der Waals surface area contributed by atoms with Crippen LogP contribution in [-0.4, -0.2) is 50.0 Å². The number of aryl methyl sites for hydroxylation is 1. The Balaban J connectivity index is 2.42. The Morgan fingerprint density at radius 3 is 2.09 bits per heavy atom. The molecule has 2 aromatic carbocycles. The molecule has 0 saturated heterocycles. The highest BCUT2D eigenvalue weighted by atomic mass is 127. The van der Waals surface area contributed by atoms with Crippen molar-refractivity contribution in [3.05, 3.63) is 63.2 Å². The van der Waals surface area contributed by atoms with Gasteiger partial charge in [-0.2, -0.15) is 0 Å². The van der Waals surface area contributed by atoms with E-state index in [0.29, 0.717) is 12.1 Å². The zero-order chi connectivity index (χ0) is 24.8. The van der Waals surface area contributed by atoms with E-state index in [4.69, 9.17) is 0 Å². The van der Waals surface area contributed by atoms with E-state index in [2.05, 4.69) is 27.9 Å². The van der Waals surface area contributed by atoms with E-state index in [0.717, 1.165) is 25.3 Å². The lowest BCUT2D eigenvalue weighted by molar-refractivity contribution is -0.140. The van der Waals surface area contributed by atoms with Crippen molar-refractivity contribution in [2.75, 3.05) is 17.1 Å². The fourth-order valence-electron chi connectivity index (χ4n) is 3.41. The van der Waals surface area contributed by atoms with Gasteiger partial charge in [-0.25, -0.2) is 8.42 Å². The summed E-state index contributed by atoms with van der Waals surface area (Å²) in [6.45, 7) is 7.35. The van der Waals surface area contributed by atoms with Crippen LogP contribution in [0.4, 0.5) is 5.69 Å². The third-order valence-corrected chi connectivity index (χ3v) is 6.94. The second-order valence-corrected chi connectivity index (χ2v) is 11.5. The van der Waals surface area contributed by atoms with E-state index in [1.165, 1.54) is 4.90 Å². The Bertz CT molecular complexity index is 1050. The minimum atomic E-state index is -3.73. The van der Waals surface area contributed by atoms with Crippen molar-refractivity contribution in [1.82, 2.24) is 10.2 Å². The monoisotopic (exact) mass is 585 g/mol. The third-order valence-electron chi connectivity index (χ3n) is 5.08. The van der Waals surface area contributed by atoms with Crippen LogP contribution in [-0.2, 0) is 26.2 Å². The van der Waals surface area contributed by atoms with Crippen LogP contribution < -0.4 is 9.62 Å². The Hall–Kier alpha value is -2.14. The molecular weight excluding hydrogens is 553 g/mol. The molecule has 7 nitrogen and oxygen atoms in total. The molecule has 2 aromatic rings. The average Bonchev–Trinajstić information content (AvgIpc) is 2.72. The Morgan fingerprint density at radius 2 is 1.61 bits per heavy atom. The highest BCUT2D eigenvalue weighted by Gasteiger charge is 2.31. The third kappa shape index (κ3) is 7.99. The molecular formula is C24H32IN3O4S. The van der Waals surface area contributed by atoms with Crippen LogP contribution in [0.2, 0.25) is 0 Å². The van der Waals surface area contributed by atoms with Crippen LogP contribution in [0.1, 0.15) is 38.3 Å². The number of anilines is 1. The molecule has 0 spiro atoms. The fourth-order valence-corrected chi connectivity index (χ4v) is 4.62. The van der Waals surface area contributed by atoms with Gasteiger partial charge in [0.25, 0.3) is 0 Å². The summed E-state index contributed by atoms with van der Waals surface area (Å²) in [6, 6.07) is 13.8. The second kappa shape index (κ2) is 11.8. The molecule has 2 amide bonds. The number of carbonyl (C=O) groups excluding carboxylic acids is 2. The van der Waals surface area contributed by atoms with Crippen LogP contribution in [0.3, 0.4) is 0 Å². The Kier molecular flexibility index (Phi) is 9.71. The lowest BCUT2D eigenvalue weighted by Crippen LogP contribution is -2.53. The minimum Gasteiger partial charge on any atom is -0.352 e. The summed E-state index contributed by atoms with van der Waals surface area (Å²) in [5, 5.41) is 2.88. The van der Waals surface area contributed by atoms with E-state index in [1.54, 1.807) is 24.3 Å². The van der Waals surface area contributed by atoms with Crippen LogP contribution in [0, 0.1) is 10.5 Å². The number of benzene rings is 2. The van der Waals surface area contributed by atoms with Crippen molar-refractivity contribution < 1.29 is 18.0 Å². The molecule has 0 aromatic heterocycles. The summed E-state index contributed by atoms with van der Waals surface area (Å²) in [5.41, 5.74) is 2.36. The predicted molar refractivity (Wildman–Crippen MR) is 140 cm³/mol. The van der Waals surface area contributed by atoms with Crippen molar-refractivity contribution in [3.63, 3.8) is 0 Å². The summed E-state index contributed by atoms with van der Waals surface area (Å²) in [5.74, 6) is -0.696. The van der Waals surface area contributed by atoms with Gasteiger partial charge in [-0.15, -0.1) is 0 Å². The maximum Gasteiger partial charge on any atom is 0.244 e. The first-order chi connectivity index (χ1) is 15.4. The largest absolute Gasteiger partial charge is 0.352 e. The number of sulfonamides is 1. The zero-order valence-electron chi connectivity index (χ0n) is 19.7. The maximum absolute atomic E-state index is 13.5. The molecule has 1 N–H and O–H groups in total. The summed E-state index contributed by atoms with van der Waals surface area (Å²) >= 11 is 2.13. The summed E-state index contributed by atoms with van der Waals surface area (Å²) in [6.07, 6.45) is 1.48. The SMILES string of the molecule is CC[C@H](C(=O)NC(C)C)N(Cc1ccc(C)cc1)C(=O)CN(c1ccc(I)cc1)S(C)(=O)=O. The van der Waals surface area contributed by atoms with Gasteiger partial charge in [0.05, 0.1) is 11.9 Å². The normalized spacial score (nSPS) is 12.3. The Labute approximate surface area is 210 Å². The van der Waals surface area contributed by atoms with Gasteiger partial charge in [0, 0.05) is 16.2 Å². The molecule has 0 heterocycles. The van der Waals surface area contributed by atoms with Crippen molar-refractivity contribution in [3.8, 4) is 0 Å². The smallest absolute Gasteiger partial charge is 0.244 e. The number of amides is 2. The number of hydrogen-bond acceptors (Lipinski definition) is 4. The van der Waals surface area contributed by atoms with E-state index >= 15 is 0 Å². The molecule has 0 aliphatic heterocycles. The molecule has 0 radical (unpaired) electrons. The quantitative estimate of drug-likeness (QED) is 0.431. The van der Waals surface area contributed by atoms with Gasteiger partial charge in [-0.05, 0) is 79.6 Å². The van der Waals surface area contributed by atoms with Gasteiger partial charge in [0.2, 0.25) is 21.8 Å². The van der Waals surface area contributed by atoms with Gasteiger partial charge < -0.3 is 10.2 Å². The molecule has 9 heteroatoms. The van der Waals surface area contributed by atoms with E-state index in [1.807, 2.05) is 52.0 Å². The van der Waals surface area contributed by atoms with Crippen molar-refractivity contribution >= 4 is 50.1 Å². The van der Waals surface area contributed by atoms with Gasteiger partial charge in [0.1, 0.15) is 12.6 Å². The first-order valence-electron chi connectivity index (χ1n) is 10.8. The number of rotatable bonds is 10. The number of hydrogen-bond donors (Lipinski definition) is 1. The lowest BCUT2D eigenvalue weighted by atomic mass is 10.1. The second-order valence-electron chi connectivity index (χ2n) is 8.34. The first kappa shape index (κ1) is 27.1. The molecule has 2 rings (SSSR count). The van der Waals surface area contributed by atoms with E-state index in [9.17, 15) is 18.0 Å².